The molecule has 0 bridgehead atoms. The Labute approximate surface area is 150 Å². The highest BCUT2D eigenvalue weighted by molar-refractivity contribution is 9.10. The van der Waals surface area contributed by atoms with Crippen LogP contribution in [0.25, 0.3) is 0 Å². The predicted octanol–water partition coefficient (Wildman–Crippen LogP) is 3.91. The van der Waals surface area contributed by atoms with Crippen LogP contribution in [0.1, 0.15) is 11.1 Å². The highest BCUT2D eigenvalue weighted by Gasteiger charge is 2.10. The molecule has 4 nitrogen and oxygen atoms in total. The number of hydrogen-bond donors (Lipinski definition) is 1. The van der Waals surface area contributed by atoms with E-state index < -0.39 is 0 Å². The predicted molar refractivity (Wildman–Crippen MR) is 95.0 cm³/mol. The molecule has 0 saturated heterocycles. The van der Waals surface area contributed by atoms with Crippen molar-refractivity contribution in [2.75, 3.05) is 27.4 Å². The molecule has 0 saturated carbocycles. The molecule has 0 amide bonds. The molecule has 0 aliphatic rings. The SMILES string of the molecule is COCCNCc1cc(OC)c(OCc2ccc(F)cc2)cc1Br. The van der Waals surface area contributed by atoms with Gasteiger partial charge < -0.3 is 19.5 Å². The topological polar surface area (TPSA) is 39.7 Å². The van der Waals surface area contributed by atoms with Gasteiger partial charge in [0.15, 0.2) is 11.5 Å². The van der Waals surface area contributed by atoms with Crippen LogP contribution < -0.4 is 14.8 Å². The Bertz CT molecular complexity index is 649. The van der Waals surface area contributed by atoms with Crippen LogP contribution in [-0.2, 0) is 17.9 Å². The van der Waals surface area contributed by atoms with Gasteiger partial charge in [-0.3, -0.25) is 0 Å². The van der Waals surface area contributed by atoms with Gasteiger partial charge in [-0.05, 0) is 35.4 Å². The lowest BCUT2D eigenvalue weighted by Gasteiger charge is -2.14. The summed E-state index contributed by atoms with van der Waals surface area (Å²) in [4.78, 5) is 0. The van der Waals surface area contributed by atoms with E-state index in [0.29, 0.717) is 31.3 Å². The molecule has 1 N–H and O–H groups in total. The molecule has 0 unspecified atom stereocenters. The first kappa shape index (κ1) is 18.7. The summed E-state index contributed by atoms with van der Waals surface area (Å²) in [6.45, 7) is 2.47. The largest absolute Gasteiger partial charge is 0.493 e. The monoisotopic (exact) mass is 397 g/mol. The van der Waals surface area contributed by atoms with E-state index in [1.807, 2.05) is 12.1 Å². The molecule has 2 aromatic rings. The number of hydrogen-bond acceptors (Lipinski definition) is 4. The van der Waals surface area contributed by atoms with Crippen molar-refractivity contribution >= 4 is 15.9 Å². The Morgan fingerprint density at radius 3 is 2.50 bits per heavy atom. The third kappa shape index (κ3) is 5.47. The van der Waals surface area contributed by atoms with Crippen molar-refractivity contribution in [3.05, 3.63) is 57.8 Å². The Morgan fingerprint density at radius 2 is 1.83 bits per heavy atom. The maximum atomic E-state index is 12.9. The van der Waals surface area contributed by atoms with Gasteiger partial charge in [0.2, 0.25) is 0 Å². The Kier molecular flexibility index (Phi) is 7.49. The van der Waals surface area contributed by atoms with Gasteiger partial charge in [0.05, 0.1) is 13.7 Å². The Hall–Kier alpha value is -1.63. The van der Waals surface area contributed by atoms with Crippen LogP contribution in [0.3, 0.4) is 0 Å². The maximum absolute atomic E-state index is 12.9. The van der Waals surface area contributed by atoms with E-state index in [0.717, 1.165) is 22.1 Å². The number of ether oxygens (including phenoxy) is 3. The van der Waals surface area contributed by atoms with Crippen molar-refractivity contribution in [3.8, 4) is 11.5 Å². The lowest BCUT2D eigenvalue weighted by atomic mass is 10.2. The normalized spacial score (nSPS) is 10.7. The third-order valence-corrected chi connectivity index (χ3v) is 4.18. The molecule has 0 atom stereocenters. The van der Waals surface area contributed by atoms with Gasteiger partial charge in [-0.2, -0.15) is 0 Å². The smallest absolute Gasteiger partial charge is 0.162 e. The fraction of sp³-hybridized carbons (Fsp3) is 0.333. The number of methoxy groups -OCH3 is 2. The van der Waals surface area contributed by atoms with Gasteiger partial charge >= 0.3 is 0 Å². The first-order valence-electron chi connectivity index (χ1n) is 7.57. The average Bonchev–Trinajstić information content (AvgIpc) is 2.59. The molecule has 24 heavy (non-hydrogen) atoms. The van der Waals surface area contributed by atoms with Crippen LogP contribution >= 0.6 is 15.9 Å². The molecule has 0 aromatic heterocycles. The molecule has 6 heteroatoms. The highest BCUT2D eigenvalue weighted by Crippen LogP contribution is 2.34. The molecular weight excluding hydrogens is 377 g/mol. The zero-order valence-electron chi connectivity index (χ0n) is 13.8. The summed E-state index contributed by atoms with van der Waals surface area (Å²) < 4.78 is 30.1. The standard InChI is InChI=1S/C18H21BrFNO3/c1-22-8-7-21-11-14-9-17(23-2)18(10-16(14)19)24-12-13-3-5-15(20)6-4-13/h3-6,9-10,21H,7-8,11-12H2,1-2H3. The lowest BCUT2D eigenvalue weighted by Crippen LogP contribution is -2.18. The molecule has 2 rings (SSSR count). The van der Waals surface area contributed by atoms with Crippen molar-refractivity contribution in [3.63, 3.8) is 0 Å². The van der Waals surface area contributed by atoms with Crippen molar-refractivity contribution < 1.29 is 18.6 Å². The highest BCUT2D eigenvalue weighted by atomic mass is 79.9. The lowest BCUT2D eigenvalue weighted by molar-refractivity contribution is 0.199. The fourth-order valence-corrected chi connectivity index (χ4v) is 2.59. The van der Waals surface area contributed by atoms with E-state index in [4.69, 9.17) is 14.2 Å². The molecule has 0 fully saturated rings. The van der Waals surface area contributed by atoms with E-state index in [1.165, 1.54) is 12.1 Å². The van der Waals surface area contributed by atoms with Crippen LogP contribution in [0.5, 0.6) is 11.5 Å². The van der Waals surface area contributed by atoms with E-state index in [9.17, 15) is 4.39 Å². The quantitative estimate of drug-likeness (QED) is 0.651. The molecule has 0 aliphatic heterocycles. The van der Waals surface area contributed by atoms with Crippen LogP contribution in [0.4, 0.5) is 4.39 Å². The molecular formula is C18H21BrFNO3. The van der Waals surface area contributed by atoms with Crippen molar-refractivity contribution in [2.24, 2.45) is 0 Å². The summed E-state index contributed by atoms with van der Waals surface area (Å²) in [5.41, 5.74) is 1.96. The summed E-state index contributed by atoms with van der Waals surface area (Å²) in [6.07, 6.45) is 0. The minimum atomic E-state index is -0.260. The Morgan fingerprint density at radius 1 is 1.08 bits per heavy atom. The van der Waals surface area contributed by atoms with E-state index in [1.54, 1.807) is 26.4 Å². The van der Waals surface area contributed by atoms with E-state index in [2.05, 4.69) is 21.2 Å². The van der Waals surface area contributed by atoms with Gasteiger partial charge in [-0.25, -0.2) is 4.39 Å². The first-order chi connectivity index (χ1) is 11.6. The first-order valence-corrected chi connectivity index (χ1v) is 8.36. The number of halogens is 2. The zero-order valence-corrected chi connectivity index (χ0v) is 15.4. The number of nitrogens with one attached hydrogen (secondary N) is 1. The van der Waals surface area contributed by atoms with Crippen LogP contribution in [0, 0.1) is 5.82 Å². The third-order valence-electron chi connectivity index (χ3n) is 3.44. The van der Waals surface area contributed by atoms with Gasteiger partial charge in [0, 0.05) is 24.7 Å². The second-order valence-corrected chi connectivity index (χ2v) is 6.03. The van der Waals surface area contributed by atoms with Gasteiger partial charge in [-0.15, -0.1) is 0 Å². The average molecular weight is 398 g/mol. The van der Waals surface area contributed by atoms with Crippen molar-refractivity contribution in [2.45, 2.75) is 13.2 Å². The van der Waals surface area contributed by atoms with E-state index >= 15 is 0 Å². The van der Waals surface area contributed by atoms with Crippen LogP contribution in [0.2, 0.25) is 0 Å². The fourth-order valence-electron chi connectivity index (χ4n) is 2.12. The maximum Gasteiger partial charge on any atom is 0.162 e. The zero-order chi connectivity index (χ0) is 17.4. The van der Waals surface area contributed by atoms with Gasteiger partial charge in [0.25, 0.3) is 0 Å². The van der Waals surface area contributed by atoms with Crippen LogP contribution in [0.15, 0.2) is 40.9 Å². The molecule has 130 valence electrons. The number of benzene rings is 2. The van der Waals surface area contributed by atoms with Crippen molar-refractivity contribution in [1.29, 1.82) is 0 Å². The molecule has 0 heterocycles. The summed E-state index contributed by atoms with van der Waals surface area (Å²) in [7, 11) is 3.28. The summed E-state index contributed by atoms with van der Waals surface area (Å²) in [5, 5.41) is 3.29. The summed E-state index contributed by atoms with van der Waals surface area (Å²) in [6, 6.07) is 10.1. The van der Waals surface area contributed by atoms with E-state index in [-0.39, 0.29) is 5.82 Å². The second kappa shape index (κ2) is 9.61. The minimum absolute atomic E-state index is 0.260. The van der Waals surface area contributed by atoms with Crippen molar-refractivity contribution in [1.82, 2.24) is 5.32 Å². The summed E-state index contributed by atoms with van der Waals surface area (Å²) >= 11 is 3.56. The Balaban J connectivity index is 2.03. The molecule has 0 spiro atoms. The molecule has 0 aliphatic carbocycles. The molecule has 2 aromatic carbocycles. The van der Waals surface area contributed by atoms with Gasteiger partial charge in [0.1, 0.15) is 12.4 Å². The van der Waals surface area contributed by atoms with Crippen LogP contribution in [-0.4, -0.2) is 27.4 Å². The van der Waals surface area contributed by atoms with Gasteiger partial charge in [-0.1, -0.05) is 28.1 Å². The minimum Gasteiger partial charge on any atom is -0.493 e. The molecule has 0 radical (unpaired) electrons. The number of rotatable bonds is 9. The summed E-state index contributed by atoms with van der Waals surface area (Å²) in [5.74, 6) is 1.03. The second-order valence-electron chi connectivity index (χ2n) is 5.18.